The molecule has 0 aliphatic rings. The minimum Gasteiger partial charge on any atom is -0.490 e. The summed E-state index contributed by atoms with van der Waals surface area (Å²) in [4.78, 5) is 23.7. The Hall–Kier alpha value is -1.84. The number of hydrogen-bond donors (Lipinski definition) is 0. The van der Waals surface area contributed by atoms with Gasteiger partial charge in [-0.25, -0.2) is 0 Å². The van der Waals surface area contributed by atoms with Gasteiger partial charge in [-0.2, -0.15) is 0 Å². The van der Waals surface area contributed by atoms with E-state index in [0.29, 0.717) is 30.3 Å². The van der Waals surface area contributed by atoms with E-state index in [1.807, 2.05) is 13.8 Å². The van der Waals surface area contributed by atoms with Crippen molar-refractivity contribution in [2.24, 2.45) is 5.92 Å². The molecule has 0 aliphatic heterocycles. The van der Waals surface area contributed by atoms with E-state index < -0.39 is 0 Å². The van der Waals surface area contributed by atoms with Crippen LogP contribution >= 0.6 is 0 Å². The highest BCUT2D eigenvalue weighted by Gasteiger charge is 2.16. The van der Waals surface area contributed by atoms with Crippen molar-refractivity contribution in [2.75, 3.05) is 13.2 Å². The smallest absolute Gasteiger partial charge is 0.170 e. The van der Waals surface area contributed by atoms with Crippen molar-refractivity contribution >= 4 is 11.6 Å². The second-order valence-electron chi connectivity index (χ2n) is 4.75. The van der Waals surface area contributed by atoms with Crippen molar-refractivity contribution in [3.05, 3.63) is 23.8 Å². The zero-order chi connectivity index (χ0) is 15.1. The van der Waals surface area contributed by atoms with Crippen LogP contribution in [0.25, 0.3) is 0 Å². The summed E-state index contributed by atoms with van der Waals surface area (Å²) >= 11 is 0. The molecule has 4 heteroatoms. The van der Waals surface area contributed by atoms with Crippen LogP contribution in [0.5, 0.6) is 11.5 Å². The first kappa shape index (κ1) is 16.2. The lowest BCUT2D eigenvalue weighted by atomic mass is 10.00. The Balaban J connectivity index is 2.93. The Labute approximate surface area is 120 Å². The van der Waals surface area contributed by atoms with Crippen LogP contribution in [0.3, 0.4) is 0 Å². The molecule has 0 bridgehead atoms. The summed E-state index contributed by atoms with van der Waals surface area (Å²) in [7, 11) is 0. The number of rotatable bonds is 8. The summed E-state index contributed by atoms with van der Waals surface area (Å²) in [6.07, 6.45) is -0.0722. The van der Waals surface area contributed by atoms with E-state index in [9.17, 15) is 9.59 Å². The van der Waals surface area contributed by atoms with Gasteiger partial charge in [-0.1, -0.05) is 13.8 Å². The van der Waals surface area contributed by atoms with Gasteiger partial charge in [0, 0.05) is 11.5 Å². The number of carbonyl (C=O) groups excluding carboxylic acids is 2. The minimum atomic E-state index is -0.187. The second-order valence-corrected chi connectivity index (χ2v) is 4.75. The molecular weight excluding hydrogens is 256 g/mol. The Kier molecular flexibility index (Phi) is 6.22. The maximum atomic E-state index is 12.1. The van der Waals surface area contributed by atoms with Gasteiger partial charge in [0.05, 0.1) is 19.6 Å². The van der Waals surface area contributed by atoms with Crippen LogP contribution in [0.1, 0.15) is 44.5 Å². The Morgan fingerprint density at radius 2 is 1.65 bits per heavy atom. The lowest BCUT2D eigenvalue weighted by Crippen LogP contribution is -2.13. The Bertz CT molecular complexity index is 477. The van der Waals surface area contributed by atoms with Crippen LogP contribution in [-0.4, -0.2) is 24.8 Å². The molecule has 0 unspecified atom stereocenters. The highest BCUT2D eigenvalue weighted by atomic mass is 16.5. The average Bonchev–Trinajstić information content (AvgIpc) is 2.41. The van der Waals surface area contributed by atoms with Gasteiger partial charge >= 0.3 is 0 Å². The van der Waals surface area contributed by atoms with Gasteiger partial charge in [-0.15, -0.1) is 0 Å². The molecule has 4 nitrogen and oxygen atoms in total. The van der Waals surface area contributed by atoms with E-state index >= 15 is 0 Å². The van der Waals surface area contributed by atoms with Crippen LogP contribution in [0.2, 0.25) is 0 Å². The number of carbonyl (C=O) groups is 2. The number of ketones is 2. The molecule has 0 fully saturated rings. The van der Waals surface area contributed by atoms with Crippen molar-refractivity contribution in [2.45, 2.75) is 34.1 Å². The van der Waals surface area contributed by atoms with Crippen LogP contribution in [-0.2, 0) is 4.79 Å². The van der Waals surface area contributed by atoms with E-state index in [4.69, 9.17) is 9.47 Å². The molecule has 0 saturated carbocycles. The molecule has 0 spiro atoms. The van der Waals surface area contributed by atoms with Crippen molar-refractivity contribution in [1.29, 1.82) is 0 Å². The molecular formula is C16H22O4. The molecule has 0 radical (unpaired) electrons. The molecule has 110 valence electrons. The van der Waals surface area contributed by atoms with Crippen LogP contribution < -0.4 is 9.47 Å². The van der Waals surface area contributed by atoms with Gasteiger partial charge in [0.15, 0.2) is 17.3 Å². The van der Waals surface area contributed by atoms with E-state index in [1.54, 1.807) is 32.0 Å². The minimum absolute atomic E-state index is 0.0538. The zero-order valence-corrected chi connectivity index (χ0v) is 12.6. The third-order valence-electron chi connectivity index (χ3n) is 2.84. The highest BCUT2D eigenvalue weighted by Crippen LogP contribution is 2.29. The maximum absolute atomic E-state index is 12.1. The maximum Gasteiger partial charge on any atom is 0.170 e. The van der Waals surface area contributed by atoms with Crippen molar-refractivity contribution < 1.29 is 19.1 Å². The molecule has 0 aliphatic carbocycles. The Morgan fingerprint density at radius 3 is 2.20 bits per heavy atom. The summed E-state index contributed by atoms with van der Waals surface area (Å²) in [5, 5.41) is 0. The predicted molar refractivity (Wildman–Crippen MR) is 77.6 cm³/mol. The predicted octanol–water partition coefficient (Wildman–Crippen LogP) is 3.28. The first-order chi connectivity index (χ1) is 9.49. The summed E-state index contributed by atoms with van der Waals surface area (Å²) in [6.45, 7) is 8.35. The first-order valence-electron chi connectivity index (χ1n) is 6.95. The fourth-order valence-corrected chi connectivity index (χ4v) is 1.69. The second kappa shape index (κ2) is 7.68. The fourth-order valence-electron chi connectivity index (χ4n) is 1.69. The number of benzene rings is 1. The SMILES string of the molecule is CCOc1ccc(C(=O)CC(=O)C(C)C)cc1OCC. The molecule has 0 saturated heterocycles. The first-order valence-corrected chi connectivity index (χ1v) is 6.95. The number of Topliss-reactive ketones (excluding diaryl/α,β-unsaturated/α-hetero) is 2. The summed E-state index contributed by atoms with van der Waals surface area (Å²) in [6, 6.07) is 5.02. The van der Waals surface area contributed by atoms with Crippen molar-refractivity contribution in [3.63, 3.8) is 0 Å². The van der Waals surface area contributed by atoms with Crippen molar-refractivity contribution in [3.8, 4) is 11.5 Å². The molecule has 20 heavy (non-hydrogen) atoms. The van der Waals surface area contributed by atoms with Gasteiger partial charge in [0.25, 0.3) is 0 Å². The highest BCUT2D eigenvalue weighted by molar-refractivity contribution is 6.08. The lowest BCUT2D eigenvalue weighted by Gasteiger charge is -2.12. The molecule has 0 aromatic heterocycles. The monoisotopic (exact) mass is 278 g/mol. The largest absolute Gasteiger partial charge is 0.490 e. The van der Waals surface area contributed by atoms with Gasteiger partial charge < -0.3 is 9.47 Å². The molecule has 0 amide bonds. The fraction of sp³-hybridized carbons (Fsp3) is 0.500. The summed E-state index contributed by atoms with van der Waals surface area (Å²) in [5.74, 6) is 0.779. The van der Waals surface area contributed by atoms with Crippen molar-refractivity contribution in [1.82, 2.24) is 0 Å². The van der Waals surface area contributed by atoms with E-state index in [0.717, 1.165) is 0 Å². The summed E-state index contributed by atoms with van der Waals surface area (Å²) in [5.41, 5.74) is 0.478. The third-order valence-corrected chi connectivity index (χ3v) is 2.84. The average molecular weight is 278 g/mol. The molecule has 0 N–H and O–H groups in total. The third kappa shape index (κ3) is 4.37. The topological polar surface area (TPSA) is 52.6 Å². The van der Waals surface area contributed by atoms with Gasteiger partial charge in [-0.3, -0.25) is 9.59 Å². The van der Waals surface area contributed by atoms with Crippen LogP contribution in [0.15, 0.2) is 18.2 Å². The molecule has 1 aromatic carbocycles. The van der Waals surface area contributed by atoms with Gasteiger partial charge in [0.1, 0.15) is 5.78 Å². The van der Waals surface area contributed by atoms with E-state index in [1.165, 1.54) is 0 Å². The lowest BCUT2D eigenvalue weighted by molar-refractivity contribution is -0.121. The quantitative estimate of drug-likeness (QED) is 0.541. The van der Waals surface area contributed by atoms with Crippen LogP contribution in [0, 0.1) is 5.92 Å². The normalized spacial score (nSPS) is 10.4. The standard InChI is InChI=1S/C16H22O4/c1-5-19-15-8-7-12(9-16(15)20-6-2)14(18)10-13(17)11(3)4/h7-9,11H,5-6,10H2,1-4H3. The van der Waals surface area contributed by atoms with E-state index in [2.05, 4.69) is 0 Å². The molecule has 0 atom stereocenters. The zero-order valence-electron chi connectivity index (χ0n) is 12.6. The molecule has 0 heterocycles. The Morgan fingerprint density at radius 1 is 1.05 bits per heavy atom. The number of ether oxygens (including phenoxy) is 2. The number of hydrogen-bond acceptors (Lipinski definition) is 4. The molecule has 1 rings (SSSR count). The van der Waals surface area contributed by atoms with Crippen LogP contribution in [0.4, 0.5) is 0 Å². The van der Waals surface area contributed by atoms with E-state index in [-0.39, 0.29) is 23.9 Å². The van der Waals surface area contributed by atoms with Gasteiger partial charge in [-0.05, 0) is 32.0 Å². The summed E-state index contributed by atoms with van der Waals surface area (Å²) < 4.78 is 10.9. The van der Waals surface area contributed by atoms with Gasteiger partial charge in [0.2, 0.25) is 0 Å². The molecule has 1 aromatic rings.